The lowest BCUT2D eigenvalue weighted by Crippen LogP contribution is -2.42. The molecule has 0 radical (unpaired) electrons. The summed E-state index contributed by atoms with van der Waals surface area (Å²) < 4.78 is 2.83. The maximum Gasteiger partial charge on any atom is 0.257 e. The minimum Gasteiger partial charge on any atom is -0.339 e. The van der Waals surface area contributed by atoms with E-state index in [1.54, 1.807) is 6.20 Å². The summed E-state index contributed by atoms with van der Waals surface area (Å²) in [5, 5.41) is 4.41. The predicted molar refractivity (Wildman–Crippen MR) is 106 cm³/mol. The summed E-state index contributed by atoms with van der Waals surface area (Å²) in [5.41, 5.74) is 8.48. The molecule has 1 saturated heterocycles. The van der Waals surface area contributed by atoms with Crippen molar-refractivity contribution in [2.24, 2.45) is 11.7 Å². The number of nitrogens with two attached hydrogens (primary N) is 1. The molecule has 25 heavy (non-hydrogen) atoms. The summed E-state index contributed by atoms with van der Waals surface area (Å²) in [7, 11) is 0. The van der Waals surface area contributed by atoms with Gasteiger partial charge in [-0.3, -0.25) is 4.79 Å². The maximum absolute atomic E-state index is 12.8. The van der Waals surface area contributed by atoms with Crippen LogP contribution in [0.3, 0.4) is 0 Å². The van der Waals surface area contributed by atoms with E-state index in [1.807, 2.05) is 40.8 Å². The van der Waals surface area contributed by atoms with Crippen LogP contribution in [0.5, 0.6) is 0 Å². The van der Waals surface area contributed by atoms with Gasteiger partial charge in [0, 0.05) is 23.6 Å². The topological polar surface area (TPSA) is 64.2 Å². The molecule has 1 aliphatic heterocycles. The number of rotatable bonds is 3. The third-order valence-electron chi connectivity index (χ3n) is 4.88. The van der Waals surface area contributed by atoms with E-state index in [9.17, 15) is 4.79 Å². The van der Waals surface area contributed by atoms with Crippen LogP contribution in [0.15, 0.2) is 34.9 Å². The number of carbonyl (C=O) groups is 1. The van der Waals surface area contributed by atoms with Gasteiger partial charge in [-0.05, 0) is 56.9 Å². The molecule has 136 valence electrons. The highest BCUT2D eigenvalue weighted by Gasteiger charge is 2.27. The van der Waals surface area contributed by atoms with E-state index in [2.05, 4.69) is 28.0 Å². The van der Waals surface area contributed by atoms with Crippen molar-refractivity contribution < 1.29 is 4.79 Å². The summed E-state index contributed by atoms with van der Waals surface area (Å²) in [4.78, 5) is 14.8. The summed E-state index contributed by atoms with van der Waals surface area (Å²) in [6.45, 7) is 5.54. The van der Waals surface area contributed by atoms with Gasteiger partial charge < -0.3 is 10.6 Å². The molecule has 1 atom stereocenters. The molecule has 0 bridgehead atoms. The Morgan fingerprint density at radius 2 is 1.88 bits per heavy atom. The number of hydrogen-bond acceptors (Lipinski definition) is 3. The lowest BCUT2D eigenvalue weighted by Gasteiger charge is -2.33. The number of benzene rings is 1. The molecule has 1 unspecified atom stereocenters. The molecule has 1 aliphatic rings. The van der Waals surface area contributed by atoms with Gasteiger partial charge >= 0.3 is 0 Å². The molecule has 0 saturated carbocycles. The monoisotopic (exact) mass is 426 g/mol. The fourth-order valence-electron chi connectivity index (χ4n) is 3.26. The van der Waals surface area contributed by atoms with E-state index >= 15 is 0 Å². The van der Waals surface area contributed by atoms with Gasteiger partial charge in [-0.1, -0.05) is 15.9 Å². The van der Waals surface area contributed by atoms with Gasteiger partial charge in [-0.15, -0.1) is 12.4 Å². The van der Waals surface area contributed by atoms with Crippen LogP contribution >= 0.6 is 28.3 Å². The SMILES string of the molecule is Cc1c(C(=O)N2CCC(C(C)N)CC2)cnn1-c1ccc(Br)cc1.Cl. The van der Waals surface area contributed by atoms with Crippen LogP contribution in [-0.2, 0) is 0 Å². The first-order valence-corrected chi connectivity index (χ1v) is 9.12. The average Bonchev–Trinajstić information content (AvgIpc) is 2.96. The van der Waals surface area contributed by atoms with Gasteiger partial charge in [-0.25, -0.2) is 4.68 Å². The van der Waals surface area contributed by atoms with Crippen molar-refractivity contribution in [3.8, 4) is 5.69 Å². The number of nitrogens with zero attached hydrogens (tertiary/aromatic N) is 3. The minimum absolute atomic E-state index is 0. The molecule has 2 aromatic rings. The number of halogens is 2. The van der Waals surface area contributed by atoms with Crippen molar-refractivity contribution in [2.45, 2.75) is 32.7 Å². The number of amides is 1. The average molecular weight is 428 g/mol. The standard InChI is InChI=1S/C18H23BrN4O.ClH/c1-12(20)14-7-9-22(10-8-14)18(24)17-11-21-23(13(17)2)16-5-3-15(19)4-6-16;/h3-6,11-12,14H,7-10,20H2,1-2H3;1H. The Kier molecular flexibility index (Phi) is 6.65. The number of likely N-dealkylation sites (tertiary alicyclic amines) is 1. The Morgan fingerprint density at radius 3 is 2.44 bits per heavy atom. The van der Waals surface area contributed by atoms with Gasteiger partial charge in [0.05, 0.1) is 23.1 Å². The van der Waals surface area contributed by atoms with Crippen LogP contribution in [-0.4, -0.2) is 39.7 Å². The second-order valence-corrected chi connectivity index (χ2v) is 7.44. The number of hydrogen-bond donors (Lipinski definition) is 1. The smallest absolute Gasteiger partial charge is 0.257 e. The minimum atomic E-state index is 0. The lowest BCUT2D eigenvalue weighted by molar-refractivity contribution is 0.0680. The number of carbonyl (C=O) groups excluding carboxylic acids is 1. The van der Waals surface area contributed by atoms with E-state index in [1.165, 1.54) is 0 Å². The van der Waals surface area contributed by atoms with Crippen molar-refractivity contribution in [1.82, 2.24) is 14.7 Å². The molecule has 0 aliphatic carbocycles. The Hall–Kier alpha value is -1.37. The molecular formula is C18H24BrClN4O. The normalized spacial score (nSPS) is 16.4. The Labute approximate surface area is 163 Å². The Bertz CT molecular complexity index is 721. The van der Waals surface area contributed by atoms with Crippen LogP contribution in [0.25, 0.3) is 5.69 Å². The van der Waals surface area contributed by atoms with Gasteiger partial charge in [0.15, 0.2) is 0 Å². The predicted octanol–water partition coefficient (Wildman–Crippen LogP) is 3.56. The largest absolute Gasteiger partial charge is 0.339 e. The third kappa shape index (κ3) is 4.25. The fraction of sp³-hybridized carbons (Fsp3) is 0.444. The zero-order valence-electron chi connectivity index (χ0n) is 14.5. The molecule has 3 rings (SSSR count). The van der Waals surface area contributed by atoms with Crippen molar-refractivity contribution in [1.29, 1.82) is 0 Å². The van der Waals surface area contributed by atoms with Crippen molar-refractivity contribution in [3.63, 3.8) is 0 Å². The van der Waals surface area contributed by atoms with Crippen molar-refractivity contribution >= 4 is 34.2 Å². The van der Waals surface area contributed by atoms with Crippen LogP contribution in [0.4, 0.5) is 0 Å². The molecule has 1 fully saturated rings. The van der Waals surface area contributed by atoms with E-state index in [0.717, 1.165) is 41.8 Å². The second-order valence-electron chi connectivity index (χ2n) is 6.52. The highest BCUT2D eigenvalue weighted by molar-refractivity contribution is 9.10. The highest BCUT2D eigenvalue weighted by atomic mass is 79.9. The van der Waals surface area contributed by atoms with Crippen molar-refractivity contribution in [2.75, 3.05) is 13.1 Å². The Morgan fingerprint density at radius 1 is 1.28 bits per heavy atom. The zero-order chi connectivity index (χ0) is 17.3. The van der Waals surface area contributed by atoms with Gasteiger partial charge in [0.25, 0.3) is 5.91 Å². The molecule has 1 aromatic heterocycles. The second kappa shape index (κ2) is 8.34. The number of piperidine rings is 1. The Balaban J connectivity index is 0.00000225. The molecule has 5 nitrogen and oxygen atoms in total. The highest BCUT2D eigenvalue weighted by Crippen LogP contribution is 2.23. The van der Waals surface area contributed by atoms with Crippen LogP contribution < -0.4 is 5.73 Å². The quantitative estimate of drug-likeness (QED) is 0.814. The lowest BCUT2D eigenvalue weighted by atomic mass is 9.91. The van der Waals surface area contributed by atoms with Gasteiger partial charge in [-0.2, -0.15) is 5.10 Å². The fourth-order valence-corrected chi connectivity index (χ4v) is 3.53. The molecular weight excluding hydrogens is 404 g/mol. The number of aromatic nitrogens is 2. The first-order chi connectivity index (χ1) is 11.5. The summed E-state index contributed by atoms with van der Waals surface area (Å²) in [6.07, 6.45) is 3.63. The molecule has 1 amide bonds. The van der Waals surface area contributed by atoms with Gasteiger partial charge in [0.1, 0.15) is 0 Å². The van der Waals surface area contributed by atoms with E-state index in [-0.39, 0.29) is 24.4 Å². The maximum atomic E-state index is 12.8. The van der Waals surface area contributed by atoms with Crippen LogP contribution in [0.1, 0.15) is 35.8 Å². The summed E-state index contributed by atoms with van der Waals surface area (Å²) in [6, 6.07) is 8.09. The van der Waals surface area contributed by atoms with Crippen LogP contribution in [0.2, 0.25) is 0 Å². The van der Waals surface area contributed by atoms with Crippen molar-refractivity contribution in [3.05, 3.63) is 46.2 Å². The van der Waals surface area contributed by atoms with E-state index < -0.39 is 0 Å². The summed E-state index contributed by atoms with van der Waals surface area (Å²) >= 11 is 3.43. The molecule has 1 aromatic carbocycles. The molecule has 0 spiro atoms. The molecule has 2 N–H and O–H groups in total. The third-order valence-corrected chi connectivity index (χ3v) is 5.41. The molecule has 2 heterocycles. The first-order valence-electron chi connectivity index (χ1n) is 8.33. The summed E-state index contributed by atoms with van der Waals surface area (Å²) in [5.74, 6) is 0.583. The first kappa shape index (κ1) is 19.9. The zero-order valence-corrected chi connectivity index (χ0v) is 16.9. The van der Waals surface area contributed by atoms with Crippen LogP contribution in [0, 0.1) is 12.8 Å². The molecule has 7 heteroatoms. The van der Waals surface area contributed by atoms with Gasteiger partial charge in [0.2, 0.25) is 0 Å². The van der Waals surface area contributed by atoms with E-state index in [4.69, 9.17) is 5.73 Å². The van der Waals surface area contributed by atoms with E-state index in [0.29, 0.717) is 11.5 Å².